The summed E-state index contributed by atoms with van der Waals surface area (Å²) in [4.78, 5) is 6.21. The average Bonchev–Trinajstić information content (AvgIpc) is 2.70. The second-order valence-electron chi connectivity index (χ2n) is 5.71. The quantitative estimate of drug-likeness (QED) is 0.900. The van der Waals surface area contributed by atoms with Gasteiger partial charge < -0.3 is 10.0 Å². The molecule has 3 nitrogen and oxygen atoms in total. The van der Waals surface area contributed by atoms with Gasteiger partial charge in [-0.25, -0.2) is 4.98 Å². The molecule has 0 aliphatic heterocycles. The molecule has 1 rings (SSSR count). The molecule has 0 aromatic carbocycles. The highest BCUT2D eigenvalue weighted by Crippen LogP contribution is 2.35. The van der Waals surface area contributed by atoms with Gasteiger partial charge in [-0.05, 0) is 6.42 Å². The molecule has 0 atom stereocenters. The van der Waals surface area contributed by atoms with Gasteiger partial charge in [0.05, 0.1) is 17.2 Å². The van der Waals surface area contributed by atoms with Crippen molar-refractivity contribution >= 4 is 16.5 Å². The summed E-state index contributed by atoms with van der Waals surface area (Å²) in [5, 5.41) is 9.70. The highest BCUT2D eigenvalue weighted by molar-refractivity contribution is 7.15. The topological polar surface area (TPSA) is 36.4 Å². The van der Waals surface area contributed by atoms with E-state index in [1.54, 1.807) is 0 Å². The first-order valence-corrected chi connectivity index (χ1v) is 7.33. The third kappa shape index (κ3) is 4.63. The lowest BCUT2D eigenvalue weighted by Gasteiger charge is -2.22. The number of aliphatic hydroxyl groups is 1. The van der Waals surface area contributed by atoms with Crippen molar-refractivity contribution < 1.29 is 18.3 Å². The minimum atomic E-state index is -4.26. The van der Waals surface area contributed by atoms with Crippen LogP contribution in [0, 0.1) is 0 Å². The highest BCUT2D eigenvalue weighted by atomic mass is 32.1. The maximum absolute atomic E-state index is 12.6. The lowest BCUT2D eigenvalue weighted by atomic mass is 9.91. The van der Waals surface area contributed by atoms with E-state index in [4.69, 9.17) is 0 Å². The lowest BCUT2D eigenvalue weighted by molar-refractivity contribution is -0.119. The zero-order valence-electron chi connectivity index (χ0n) is 12.2. The van der Waals surface area contributed by atoms with Crippen molar-refractivity contribution in [3.63, 3.8) is 0 Å². The Labute approximate surface area is 121 Å². The summed E-state index contributed by atoms with van der Waals surface area (Å²) < 4.78 is 37.9. The summed E-state index contributed by atoms with van der Waals surface area (Å²) in [6.07, 6.45) is -3.66. The van der Waals surface area contributed by atoms with Crippen molar-refractivity contribution in [2.45, 2.75) is 52.3 Å². The largest absolute Gasteiger partial charge is 0.406 e. The molecule has 1 aromatic heterocycles. The Morgan fingerprint density at radius 3 is 2.20 bits per heavy atom. The van der Waals surface area contributed by atoms with Gasteiger partial charge in [0, 0.05) is 12.0 Å². The molecule has 7 heteroatoms. The molecule has 20 heavy (non-hydrogen) atoms. The third-order valence-electron chi connectivity index (χ3n) is 2.67. The van der Waals surface area contributed by atoms with Crippen LogP contribution in [0.25, 0.3) is 0 Å². The summed E-state index contributed by atoms with van der Waals surface area (Å²) in [7, 11) is 0. The van der Waals surface area contributed by atoms with Crippen LogP contribution in [0.15, 0.2) is 0 Å². The Bertz CT molecular complexity index is 438. The predicted molar refractivity (Wildman–Crippen MR) is 75.3 cm³/mol. The molecule has 0 bridgehead atoms. The van der Waals surface area contributed by atoms with Crippen LogP contribution in [-0.4, -0.2) is 29.4 Å². The summed E-state index contributed by atoms with van der Waals surface area (Å²) in [6, 6.07) is 0. The zero-order chi connectivity index (χ0) is 15.6. The second kappa shape index (κ2) is 6.30. The van der Waals surface area contributed by atoms with Gasteiger partial charge in [0.2, 0.25) is 0 Å². The number of alkyl halides is 3. The van der Waals surface area contributed by atoms with E-state index in [0.717, 1.165) is 11.3 Å². The van der Waals surface area contributed by atoms with E-state index in [1.165, 1.54) is 4.90 Å². The van der Waals surface area contributed by atoms with Crippen LogP contribution < -0.4 is 4.90 Å². The van der Waals surface area contributed by atoms with Gasteiger partial charge in [-0.1, -0.05) is 39.0 Å². The van der Waals surface area contributed by atoms with Gasteiger partial charge in [0.15, 0.2) is 5.13 Å². The molecule has 1 N–H and O–H groups in total. The summed E-state index contributed by atoms with van der Waals surface area (Å²) in [5.74, 6) is 0. The molecule has 0 aliphatic carbocycles. The van der Waals surface area contributed by atoms with E-state index in [1.807, 2.05) is 27.7 Å². The van der Waals surface area contributed by atoms with Crippen LogP contribution in [0.5, 0.6) is 0 Å². The average molecular weight is 310 g/mol. The van der Waals surface area contributed by atoms with Crippen LogP contribution in [0.1, 0.15) is 44.7 Å². The van der Waals surface area contributed by atoms with E-state index in [2.05, 4.69) is 4.98 Å². The van der Waals surface area contributed by atoms with E-state index in [0.29, 0.717) is 28.7 Å². The minimum absolute atomic E-state index is 0.198. The second-order valence-corrected chi connectivity index (χ2v) is 6.78. The first kappa shape index (κ1) is 17.2. The van der Waals surface area contributed by atoms with Gasteiger partial charge in [0.1, 0.15) is 6.54 Å². The predicted octanol–water partition coefficient (Wildman–Crippen LogP) is 3.71. The van der Waals surface area contributed by atoms with Crippen LogP contribution >= 0.6 is 11.3 Å². The van der Waals surface area contributed by atoms with Crippen LogP contribution in [0.3, 0.4) is 0 Å². The molecule has 0 unspecified atom stereocenters. The lowest BCUT2D eigenvalue weighted by Crippen LogP contribution is -2.34. The van der Waals surface area contributed by atoms with Gasteiger partial charge in [-0.2, -0.15) is 13.2 Å². The number of nitrogens with zero attached hydrogens (tertiary/aromatic N) is 2. The number of halogens is 3. The van der Waals surface area contributed by atoms with E-state index >= 15 is 0 Å². The van der Waals surface area contributed by atoms with Crippen molar-refractivity contribution in [1.29, 1.82) is 0 Å². The highest BCUT2D eigenvalue weighted by Gasteiger charge is 2.33. The minimum Gasteiger partial charge on any atom is -0.391 e. The maximum atomic E-state index is 12.6. The van der Waals surface area contributed by atoms with Crippen LogP contribution in [0.2, 0.25) is 0 Å². The Morgan fingerprint density at radius 2 is 1.85 bits per heavy atom. The van der Waals surface area contributed by atoms with Crippen LogP contribution in [-0.2, 0) is 12.0 Å². The number of aromatic nitrogens is 1. The summed E-state index contributed by atoms with van der Waals surface area (Å²) in [6.45, 7) is 6.70. The van der Waals surface area contributed by atoms with Gasteiger partial charge in [0.25, 0.3) is 0 Å². The van der Waals surface area contributed by atoms with E-state index in [9.17, 15) is 18.3 Å². The monoisotopic (exact) mass is 310 g/mol. The van der Waals surface area contributed by atoms with E-state index < -0.39 is 12.7 Å². The molecular formula is C13H21F3N2OS. The molecule has 0 amide bonds. The number of hydrogen-bond donors (Lipinski definition) is 1. The van der Waals surface area contributed by atoms with Crippen molar-refractivity contribution in [3.05, 3.63) is 10.6 Å². The van der Waals surface area contributed by atoms with Crippen molar-refractivity contribution in [2.75, 3.05) is 18.0 Å². The molecule has 0 saturated heterocycles. The van der Waals surface area contributed by atoms with Crippen molar-refractivity contribution in [2.24, 2.45) is 0 Å². The fourth-order valence-electron chi connectivity index (χ4n) is 1.90. The molecule has 0 radical (unpaired) electrons. The fraction of sp³-hybridized carbons (Fsp3) is 0.769. The number of aliphatic hydroxyl groups excluding tert-OH is 1. The Hall–Kier alpha value is -0.820. The molecule has 0 spiro atoms. The SMILES string of the molecule is CCCN(CC(F)(F)F)c1nc(C(C)(C)C)c(CO)s1. The number of thiazole rings is 1. The molecule has 116 valence electrons. The van der Waals surface area contributed by atoms with E-state index in [-0.39, 0.29) is 12.0 Å². The standard InChI is InChI=1S/C13H21F3N2OS/c1-5-6-18(8-13(14,15)16)11-17-10(12(2,3)4)9(7-19)20-11/h19H,5-8H2,1-4H3. The molecular weight excluding hydrogens is 289 g/mol. The fourth-order valence-corrected chi connectivity index (χ4v) is 3.05. The van der Waals surface area contributed by atoms with Gasteiger partial charge >= 0.3 is 6.18 Å². The van der Waals surface area contributed by atoms with Crippen molar-refractivity contribution in [3.8, 4) is 0 Å². The Kier molecular flexibility index (Phi) is 5.43. The van der Waals surface area contributed by atoms with Gasteiger partial charge in [-0.3, -0.25) is 0 Å². The summed E-state index contributed by atoms with van der Waals surface area (Å²) >= 11 is 1.14. The molecule has 0 aliphatic rings. The number of anilines is 1. The molecule has 1 aromatic rings. The zero-order valence-corrected chi connectivity index (χ0v) is 13.0. The van der Waals surface area contributed by atoms with Gasteiger partial charge in [-0.15, -0.1) is 0 Å². The molecule has 1 heterocycles. The first-order valence-electron chi connectivity index (χ1n) is 6.51. The Morgan fingerprint density at radius 1 is 1.25 bits per heavy atom. The molecule has 0 saturated carbocycles. The summed E-state index contributed by atoms with van der Waals surface area (Å²) in [5.41, 5.74) is 0.367. The van der Waals surface area contributed by atoms with Crippen LogP contribution in [0.4, 0.5) is 18.3 Å². The maximum Gasteiger partial charge on any atom is 0.406 e. The number of hydrogen-bond acceptors (Lipinski definition) is 4. The smallest absolute Gasteiger partial charge is 0.391 e. The third-order valence-corrected chi connectivity index (χ3v) is 3.78. The van der Waals surface area contributed by atoms with Crippen molar-refractivity contribution in [1.82, 2.24) is 4.98 Å². The molecule has 0 fully saturated rings. The normalized spacial score (nSPS) is 12.8. The number of rotatable bonds is 5. The Balaban J connectivity index is 3.12. The first-order chi connectivity index (χ1) is 9.08.